The van der Waals surface area contributed by atoms with Crippen molar-refractivity contribution in [1.29, 1.82) is 0 Å². The van der Waals surface area contributed by atoms with Crippen LogP contribution in [0, 0.1) is 5.92 Å². The summed E-state index contributed by atoms with van der Waals surface area (Å²) in [7, 11) is 0. The summed E-state index contributed by atoms with van der Waals surface area (Å²) in [6.07, 6.45) is 3.95. The molecule has 4 nitrogen and oxygen atoms in total. The molecule has 0 spiro atoms. The van der Waals surface area contributed by atoms with Gasteiger partial charge >= 0.3 is 0 Å². The molecule has 0 rings (SSSR count). The average molecular weight is 258 g/mol. The second-order valence-corrected chi connectivity index (χ2v) is 5.11. The van der Waals surface area contributed by atoms with E-state index in [-0.39, 0.29) is 24.6 Å². The lowest BCUT2D eigenvalue weighted by Crippen LogP contribution is -2.46. The van der Waals surface area contributed by atoms with Gasteiger partial charge in [0.25, 0.3) is 0 Å². The number of aliphatic hydroxyl groups is 1. The maximum absolute atomic E-state index is 11.8. The molecule has 1 amide bonds. The third kappa shape index (κ3) is 7.67. The van der Waals surface area contributed by atoms with Crippen LogP contribution in [0.25, 0.3) is 0 Å². The molecule has 0 heterocycles. The number of hydrogen-bond donors (Lipinski definition) is 3. The molecule has 3 unspecified atom stereocenters. The van der Waals surface area contributed by atoms with Crippen LogP contribution in [0.2, 0.25) is 0 Å². The first kappa shape index (κ1) is 17.4. The van der Waals surface area contributed by atoms with Crippen molar-refractivity contribution in [2.24, 2.45) is 5.92 Å². The summed E-state index contributed by atoms with van der Waals surface area (Å²) in [6.45, 7) is 9.12. The molecule has 0 fully saturated rings. The van der Waals surface area contributed by atoms with E-state index in [1.165, 1.54) is 0 Å². The first-order chi connectivity index (χ1) is 8.54. The zero-order valence-corrected chi connectivity index (χ0v) is 12.3. The Bertz CT molecular complexity index is 216. The zero-order chi connectivity index (χ0) is 14.0. The summed E-state index contributed by atoms with van der Waals surface area (Å²) in [6, 6.07) is 0.0580. The summed E-state index contributed by atoms with van der Waals surface area (Å²) < 4.78 is 0. The van der Waals surface area contributed by atoms with Crippen molar-refractivity contribution in [1.82, 2.24) is 10.6 Å². The Balaban J connectivity index is 3.97. The highest BCUT2D eigenvalue weighted by molar-refractivity contribution is 5.81. The second-order valence-electron chi connectivity index (χ2n) is 5.11. The highest BCUT2D eigenvalue weighted by Gasteiger charge is 2.15. The average Bonchev–Trinajstić information content (AvgIpc) is 2.35. The predicted molar refractivity (Wildman–Crippen MR) is 75.5 cm³/mol. The SMILES string of the molecule is CCCC(CCO)CNC(C)C(=O)NC(C)CC. The largest absolute Gasteiger partial charge is 0.396 e. The second kappa shape index (κ2) is 10.3. The van der Waals surface area contributed by atoms with E-state index in [1.54, 1.807) is 0 Å². The summed E-state index contributed by atoms with van der Waals surface area (Å²) in [4.78, 5) is 11.8. The van der Waals surface area contributed by atoms with Crippen LogP contribution in [-0.4, -0.2) is 36.2 Å². The molecule has 0 saturated carbocycles. The van der Waals surface area contributed by atoms with Crippen molar-refractivity contribution in [2.75, 3.05) is 13.2 Å². The first-order valence-electron chi connectivity index (χ1n) is 7.19. The molecular formula is C14H30N2O2. The fraction of sp³-hybridized carbons (Fsp3) is 0.929. The van der Waals surface area contributed by atoms with Crippen LogP contribution in [0.1, 0.15) is 53.4 Å². The van der Waals surface area contributed by atoms with E-state index in [0.717, 1.165) is 32.2 Å². The molecule has 0 aromatic heterocycles. The molecule has 3 atom stereocenters. The highest BCUT2D eigenvalue weighted by Crippen LogP contribution is 2.09. The van der Waals surface area contributed by atoms with Crippen molar-refractivity contribution in [2.45, 2.75) is 65.5 Å². The molecule has 0 aromatic rings. The van der Waals surface area contributed by atoms with Crippen molar-refractivity contribution in [3.8, 4) is 0 Å². The Morgan fingerprint density at radius 3 is 2.39 bits per heavy atom. The lowest BCUT2D eigenvalue weighted by atomic mass is 10.00. The zero-order valence-electron chi connectivity index (χ0n) is 12.3. The number of amides is 1. The summed E-state index contributed by atoms with van der Waals surface area (Å²) >= 11 is 0. The predicted octanol–water partition coefficient (Wildman–Crippen LogP) is 1.68. The monoisotopic (exact) mass is 258 g/mol. The van der Waals surface area contributed by atoms with Gasteiger partial charge in [-0.1, -0.05) is 20.3 Å². The van der Waals surface area contributed by atoms with Crippen LogP contribution < -0.4 is 10.6 Å². The molecule has 0 aliphatic rings. The standard InChI is InChI=1S/C14H30N2O2/c1-5-7-13(8-9-17)10-15-12(4)14(18)16-11(3)6-2/h11-13,15,17H,5-10H2,1-4H3,(H,16,18). The Morgan fingerprint density at radius 2 is 1.89 bits per heavy atom. The van der Waals surface area contributed by atoms with Gasteiger partial charge in [0.05, 0.1) is 6.04 Å². The summed E-state index contributed by atoms with van der Waals surface area (Å²) in [5.74, 6) is 0.516. The minimum Gasteiger partial charge on any atom is -0.396 e. The van der Waals surface area contributed by atoms with E-state index in [9.17, 15) is 4.79 Å². The van der Waals surface area contributed by atoms with E-state index in [0.29, 0.717) is 5.92 Å². The topological polar surface area (TPSA) is 61.4 Å². The van der Waals surface area contributed by atoms with E-state index in [4.69, 9.17) is 5.11 Å². The van der Waals surface area contributed by atoms with Crippen LogP contribution in [0.15, 0.2) is 0 Å². The normalized spacial score (nSPS) is 16.1. The Hall–Kier alpha value is -0.610. The van der Waals surface area contributed by atoms with Gasteiger partial charge in [0.15, 0.2) is 0 Å². The van der Waals surface area contributed by atoms with Crippen LogP contribution in [0.5, 0.6) is 0 Å². The molecule has 0 aliphatic heterocycles. The van der Waals surface area contributed by atoms with Crippen LogP contribution in [0.4, 0.5) is 0 Å². The molecule has 0 aliphatic carbocycles. The fourth-order valence-corrected chi connectivity index (χ4v) is 1.85. The van der Waals surface area contributed by atoms with Gasteiger partial charge in [0.2, 0.25) is 5.91 Å². The van der Waals surface area contributed by atoms with E-state index < -0.39 is 0 Å². The molecule has 3 N–H and O–H groups in total. The smallest absolute Gasteiger partial charge is 0.237 e. The Labute approximate surface area is 112 Å². The Kier molecular flexibility index (Phi) is 9.98. The van der Waals surface area contributed by atoms with Crippen molar-refractivity contribution in [3.05, 3.63) is 0 Å². The van der Waals surface area contributed by atoms with Gasteiger partial charge in [-0.25, -0.2) is 0 Å². The van der Waals surface area contributed by atoms with Gasteiger partial charge in [0, 0.05) is 12.6 Å². The molecule has 18 heavy (non-hydrogen) atoms. The third-order valence-corrected chi connectivity index (χ3v) is 3.34. The van der Waals surface area contributed by atoms with Crippen molar-refractivity contribution >= 4 is 5.91 Å². The number of aliphatic hydroxyl groups excluding tert-OH is 1. The lowest BCUT2D eigenvalue weighted by molar-refractivity contribution is -0.123. The van der Waals surface area contributed by atoms with E-state index in [1.807, 2.05) is 13.8 Å². The van der Waals surface area contributed by atoms with Crippen molar-refractivity contribution in [3.63, 3.8) is 0 Å². The fourth-order valence-electron chi connectivity index (χ4n) is 1.85. The minimum atomic E-state index is -0.169. The van der Waals surface area contributed by atoms with Crippen molar-refractivity contribution < 1.29 is 9.90 Å². The van der Waals surface area contributed by atoms with Crippen LogP contribution in [0.3, 0.4) is 0 Å². The number of rotatable bonds is 10. The van der Waals surface area contributed by atoms with Gasteiger partial charge in [-0.05, 0) is 45.6 Å². The molecule has 0 bridgehead atoms. The number of carbonyl (C=O) groups excluding carboxylic acids is 1. The Morgan fingerprint density at radius 1 is 1.22 bits per heavy atom. The first-order valence-corrected chi connectivity index (χ1v) is 7.19. The van der Waals surface area contributed by atoms with Crippen LogP contribution >= 0.6 is 0 Å². The quantitative estimate of drug-likeness (QED) is 0.559. The summed E-state index contributed by atoms with van der Waals surface area (Å²) in [5, 5.41) is 15.2. The number of nitrogens with one attached hydrogen (secondary N) is 2. The van der Waals surface area contributed by atoms with Gasteiger partial charge in [-0.15, -0.1) is 0 Å². The molecule has 0 aromatic carbocycles. The third-order valence-electron chi connectivity index (χ3n) is 3.34. The maximum Gasteiger partial charge on any atom is 0.237 e. The molecule has 0 radical (unpaired) electrons. The molecule has 0 saturated heterocycles. The van der Waals surface area contributed by atoms with E-state index >= 15 is 0 Å². The van der Waals surface area contributed by atoms with Gasteiger partial charge in [-0.3, -0.25) is 4.79 Å². The van der Waals surface area contributed by atoms with Gasteiger partial charge in [-0.2, -0.15) is 0 Å². The minimum absolute atomic E-state index is 0.0589. The summed E-state index contributed by atoms with van der Waals surface area (Å²) in [5.41, 5.74) is 0. The van der Waals surface area contributed by atoms with E-state index in [2.05, 4.69) is 24.5 Å². The maximum atomic E-state index is 11.8. The molecule has 108 valence electrons. The molecular weight excluding hydrogens is 228 g/mol. The highest BCUT2D eigenvalue weighted by atomic mass is 16.3. The van der Waals surface area contributed by atoms with Gasteiger partial charge < -0.3 is 15.7 Å². The van der Waals surface area contributed by atoms with Gasteiger partial charge in [0.1, 0.15) is 0 Å². The number of hydrogen-bond acceptors (Lipinski definition) is 3. The molecule has 4 heteroatoms. The lowest BCUT2D eigenvalue weighted by Gasteiger charge is -2.21. The van der Waals surface area contributed by atoms with Crippen LogP contribution in [-0.2, 0) is 4.79 Å². The number of carbonyl (C=O) groups is 1.